The third kappa shape index (κ3) is 6.15. The van der Waals surface area contributed by atoms with Crippen LogP contribution < -0.4 is 4.72 Å². The lowest BCUT2D eigenvalue weighted by Gasteiger charge is -2.27. The second-order valence-electron chi connectivity index (χ2n) is 6.37. The number of aliphatic hydroxyl groups excluding tert-OH is 1. The van der Waals surface area contributed by atoms with Gasteiger partial charge in [-0.25, -0.2) is 13.2 Å². The van der Waals surface area contributed by atoms with Gasteiger partial charge in [0.2, 0.25) is 0 Å². The second-order valence-corrected chi connectivity index (χ2v) is 8.08. The van der Waals surface area contributed by atoms with E-state index in [9.17, 15) is 41.6 Å². The normalized spacial score (nSPS) is 15.1. The van der Waals surface area contributed by atoms with Gasteiger partial charge in [0, 0.05) is 12.1 Å². The molecule has 0 amide bonds. The molecule has 152 valence electrons. The van der Waals surface area contributed by atoms with Crippen LogP contribution >= 0.6 is 0 Å². The zero-order chi connectivity index (χ0) is 21.2. The molecule has 0 radical (unpaired) electrons. The minimum absolute atomic E-state index is 0.313. The molecule has 27 heavy (non-hydrogen) atoms. The number of carbonyl (C=O) groups excluding carboxylic acids is 1. The molecule has 0 aliphatic rings. The summed E-state index contributed by atoms with van der Waals surface area (Å²) in [4.78, 5) is 21.9. The molecule has 1 aromatic rings. The van der Waals surface area contributed by atoms with E-state index >= 15 is 0 Å². The molecule has 0 unspecified atom stereocenters. The molecule has 0 aliphatic carbocycles. The Balaban J connectivity index is 3.31. The fraction of sp³-hybridized carbons (Fsp3) is 0.500. The van der Waals surface area contributed by atoms with Crippen LogP contribution in [0.3, 0.4) is 0 Å². The van der Waals surface area contributed by atoms with Crippen molar-refractivity contribution in [2.75, 3.05) is 0 Å². The number of nitro groups is 1. The molecule has 0 saturated carbocycles. The number of carbonyl (C=O) groups is 1. The first-order valence-corrected chi connectivity index (χ1v) is 8.77. The number of sulfonamides is 1. The van der Waals surface area contributed by atoms with Gasteiger partial charge in [0.25, 0.3) is 5.69 Å². The number of nitrogens with zero attached hydrogens (tertiary/aromatic N) is 1. The Bertz CT molecular complexity index is 801. The number of hydrogen-bond donors (Lipinski definition) is 2. The number of rotatable bonds is 6. The third-order valence-electron chi connectivity index (χ3n) is 3.01. The number of hydrogen-bond acceptors (Lipinski definition) is 7. The van der Waals surface area contributed by atoms with Crippen LogP contribution in [-0.2, 0) is 19.6 Å². The summed E-state index contributed by atoms with van der Waals surface area (Å²) in [5, 5.41) is 20.8. The highest BCUT2D eigenvalue weighted by Gasteiger charge is 2.48. The summed E-state index contributed by atoms with van der Waals surface area (Å²) in [6.07, 6.45) is -2.34. The van der Waals surface area contributed by atoms with Crippen molar-refractivity contribution in [2.24, 2.45) is 0 Å². The number of halogens is 3. The lowest BCUT2D eigenvalue weighted by molar-refractivity contribution is -0.384. The maximum Gasteiger partial charge on any atom is 0.511 e. The van der Waals surface area contributed by atoms with Gasteiger partial charge in [-0.3, -0.25) is 10.1 Å². The van der Waals surface area contributed by atoms with E-state index in [-0.39, 0.29) is 5.56 Å². The van der Waals surface area contributed by atoms with Crippen molar-refractivity contribution in [2.45, 2.75) is 44.0 Å². The van der Waals surface area contributed by atoms with Gasteiger partial charge < -0.3 is 9.84 Å². The number of nitro benzene ring substituents is 1. The lowest BCUT2D eigenvalue weighted by atomic mass is 10.0. The first kappa shape index (κ1) is 22.8. The predicted octanol–water partition coefficient (Wildman–Crippen LogP) is 1.78. The molecule has 2 atom stereocenters. The first-order chi connectivity index (χ1) is 12.0. The van der Waals surface area contributed by atoms with Gasteiger partial charge in [0.1, 0.15) is 5.60 Å². The van der Waals surface area contributed by atoms with Crippen molar-refractivity contribution in [1.82, 2.24) is 4.72 Å². The summed E-state index contributed by atoms with van der Waals surface area (Å²) in [6.45, 7) is 4.29. The third-order valence-corrected chi connectivity index (χ3v) is 4.19. The van der Waals surface area contributed by atoms with Crippen molar-refractivity contribution in [1.29, 1.82) is 0 Å². The molecule has 0 aromatic heterocycles. The minimum atomic E-state index is -5.95. The molecule has 1 aromatic carbocycles. The van der Waals surface area contributed by atoms with Crippen LogP contribution in [0.15, 0.2) is 24.3 Å². The van der Waals surface area contributed by atoms with E-state index in [1.54, 1.807) is 0 Å². The van der Waals surface area contributed by atoms with Gasteiger partial charge in [0.05, 0.1) is 11.0 Å². The summed E-state index contributed by atoms with van der Waals surface area (Å²) in [6, 6.07) is 1.50. The smallest absolute Gasteiger partial charge is 0.458 e. The lowest BCUT2D eigenvalue weighted by Crippen LogP contribution is -2.46. The van der Waals surface area contributed by atoms with Crippen LogP contribution in [0, 0.1) is 10.1 Å². The van der Waals surface area contributed by atoms with E-state index in [4.69, 9.17) is 4.74 Å². The van der Waals surface area contributed by atoms with Crippen LogP contribution in [-0.4, -0.2) is 41.6 Å². The molecule has 0 aliphatic heterocycles. The molecule has 0 heterocycles. The molecule has 9 nitrogen and oxygen atoms in total. The predicted molar refractivity (Wildman–Crippen MR) is 85.8 cm³/mol. The van der Waals surface area contributed by atoms with Crippen LogP contribution in [0.25, 0.3) is 0 Å². The Kier molecular flexibility index (Phi) is 6.57. The molecule has 1 rings (SSSR count). The Hall–Kier alpha value is -2.25. The van der Waals surface area contributed by atoms with Crippen LogP contribution in [0.4, 0.5) is 18.9 Å². The fourth-order valence-corrected chi connectivity index (χ4v) is 2.58. The highest BCUT2D eigenvalue weighted by Crippen LogP contribution is 2.28. The van der Waals surface area contributed by atoms with E-state index in [1.807, 2.05) is 0 Å². The van der Waals surface area contributed by atoms with Crippen LogP contribution in [0.1, 0.15) is 32.4 Å². The summed E-state index contributed by atoms with van der Waals surface area (Å²) in [7, 11) is -5.95. The average Bonchev–Trinajstić information content (AvgIpc) is 2.49. The second kappa shape index (κ2) is 7.78. The first-order valence-electron chi connectivity index (χ1n) is 7.29. The maximum atomic E-state index is 12.7. The number of aliphatic hydroxyl groups is 1. The quantitative estimate of drug-likeness (QED) is 0.411. The Morgan fingerprint density at radius 1 is 1.22 bits per heavy atom. The van der Waals surface area contributed by atoms with Gasteiger partial charge in [-0.15, -0.1) is 0 Å². The summed E-state index contributed by atoms with van der Waals surface area (Å²) < 4.78 is 66.9. The summed E-state index contributed by atoms with van der Waals surface area (Å²) >= 11 is 0. The van der Waals surface area contributed by atoms with E-state index in [0.717, 1.165) is 24.3 Å². The summed E-state index contributed by atoms with van der Waals surface area (Å²) in [5.74, 6) is -1.38. The van der Waals surface area contributed by atoms with Gasteiger partial charge in [-0.05, 0) is 26.3 Å². The average molecular weight is 414 g/mol. The molecule has 0 fully saturated rings. The number of non-ortho nitro benzene ring substituents is 1. The Morgan fingerprint density at radius 2 is 1.70 bits per heavy atom. The number of ether oxygens (including phenoxy) is 1. The number of esters is 1. The molecule has 0 bridgehead atoms. The van der Waals surface area contributed by atoms with E-state index in [1.165, 1.54) is 25.5 Å². The largest absolute Gasteiger partial charge is 0.511 e. The van der Waals surface area contributed by atoms with E-state index < -0.39 is 49.9 Å². The van der Waals surface area contributed by atoms with Crippen molar-refractivity contribution < 1.29 is 41.2 Å². The number of nitrogens with one attached hydrogen (secondary N) is 1. The highest BCUT2D eigenvalue weighted by molar-refractivity contribution is 7.90. The Morgan fingerprint density at radius 3 is 2.07 bits per heavy atom. The molecular weight excluding hydrogens is 397 g/mol. The number of alkyl halides is 3. The van der Waals surface area contributed by atoms with Gasteiger partial charge in [-0.2, -0.15) is 17.9 Å². The van der Waals surface area contributed by atoms with Crippen molar-refractivity contribution in [3.8, 4) is 0 Å². The standard InChI is InChI=1S/C14H17F3N2O7S/c1-13(2,3)26-12(21)11(20)10(18-27(24,25)14(15,16)17)8-4-6-9(7-5-8)19(22)23/h4-7,10-11,18,20H,1-3H3/t10-,11+/m1/s1. The molecule has 0 spiro atoms. The van der Waals surface area contributed by atoms with Crippen molar-refractivity contribution in [3.05, 3.63) is 39.9 Å². The van der Waals surface area contributed by atoms with Gasteiger partial charge in [-0.1, -0.05) is 12.1 Å². The fourth-order valence-electron chi connectivity index (χ4n) is 1.85. The van der Waals surface area contributed by atoms with Gasteiger partial charge in [0.15, 0.2) is 6.10 Å². The molecular formula is C14H17F3N2O7S. The maximum absolute atomic E-state index is 12.7. The van der Waals surface area contributed by atoms with Crippen LogP contribution in [0.5, 0.6) is 0 Å². The summed E-state index contributed by atoms with van der Waals surface area (Å²) in [5.41, 5.74) is -7.56. The van der Waals surface area contributed by atoms with E-state index in [2.05, 4.69) is 0 Å². The zero-order valence-corrected chi connectivity index (χ0v) is 15.2. The molecule has 0 saturated heterocycles. The SMILES string of the molecule is CC(C)(C)OC(=O)[C@@H](O)[C@H](NS(=O)(=O)C(F)(F)F)c1ccc([N+](=O)[O-])cc1. The monoisotopic (exact) mass is 414 g/mol. The highest BCUT2D eigenvalue weighted by atomic mass is 32.2. The Labute approximate surface area is 152 Å². The molecule has 2 N–H and O–H groups in total. The molecule has 13 heteroatoms. The van der Waals surface area contributed by atoms with Crippen molar-refractivity contribution in [3.63, 3.8) is 0 Å². The van der Waals surface area contributed by atoms with E-state index in [0.29, 0.717) is 0 Å². The minimum Gasteiger partial charge on any atom is -0.458 e. The van der Waals surface area contributed by atoms with Crippen LogP contribution in [0.2, 0.25) is 0 Å². The topological polar surface area (TPSA) is 136 Å². The van der Waals surface area contributed by atoms with Crippen molar-refractivity contribution >= 4 is 21.7 Å². The number of benzene rings is 1. The zero-order valence-electron chi connectivity index (χ0n) is 14.4. The van der Waals surface area contributed by atoms with Gasteiger partial charge >= 0.3 is 21.5 Å².